The Morgan fingerprint density at radius 1 is 1.18 bits per heavy atom. The second kappa shape index (κ2) is 9.46. The molecule has 0 radical (unpaired) electrons. The lowest BCUT2D eigenvalue weighted by molar-refractivity contribution is -0.134. The number of carbonyl (C=O) groups excluding carboxylic acids is 1. The van der Waals surface area contributed by atoms with Crippen LogP contribution >= 0.6 is 0 Å². The number of ether oxygens (including phenoxy) is 1. The van der Waals surface area contributed by atoms with Crippen molar-refractivity contribution >= 4 is 5.91 Å². The Morgan fingerprint density at radius 3 is 2.41 bits per heavy atom. The van der Waals surface area contributed by atoms with E-state index in [0.717, 1.165) is 12.2 Å². The van der Waals surface area contributed by atoms with Crippen LogP contribution in [0.3, 0.4) is 0 Å². The van der Waals surface area contributed by atoms with Crippen LogP contribution in [0.25, 0.3) is 0 Å². The van der Waals surface area contributed by atoms with Crippen LogP contribution in [0.2, 0.25) is 0 Å². The third kappa shape index (κ3) is 6.48. The van der Waals surface area contributed by atoms with Crippen LogP contribution in [0, 0.1) is 11.8 Å². The fourth-order valence-corrected chi connectivity index (χ4v) is 2.16. The van der Waals surface area contributed by atoms with Gasteiger partial charge in [-0.15, -0.1) is 0 Å². The predicted molar refractivity (Wildman–Crippen MR) is 90.8 cm³/mol. The summed E-state index contributed by atoms with van der Waals surface area (Å²) in [5.74, 6) is 1.41. The van der Waals surface area contributed by atoms with E-state index in [-0.39, 0.29) is 17.9 Å². The minimum Gasteiger partial charge on any atom is -0.494 e. The van der Waals surface area contributed by atoms with Gasteiger partial charge in [0.1, 0.15) is 5.75 Å². The maximum absolute atomic E-state index is 12.3. The molecule has 0 spiro atoms. The number of hydrogen-bond acceptors (Lipinski definition) is 3. The van der Waals surface area contributed by atoms with E-state index >= 15 is 0 Å². The van der Waals surface area contributed by atoms with Crippen molar-refractivity contribution in [2.75, 3.05) is 20.2 Å². The number of nitrogens with two attached hydrogens (primary N) is 1. The molecule has 1 rings (SSSR count). The Morgan fingerprint density at radius 2 is 1.82 bits per heavy atom. The molecule has 2 unspecified atom stereocenters. The molecule has 22 heavy (non-hydrogen) atoms. The van der Waals surface area contributed by atoms with Crippen LogP contribution in [0.15, 0.2) is 30.3 Å². The van der Waals surface area contributed by atoms with Crippen molar-refractivity contribution in [1.82, 2.24) is 4.90 Å². The zero-order valence-corrected chi connectivity index (χ0v) is 14.3. The number of nitrogens with zero attached hydrogens (tertiary/aromatic N) is 1. The maximum atomic E-state index is 12.3. The highest BCUT2D eigenvalue weighted by atomic mass is 16.5. The molecule has 1 aromatic carbocycles. The molecule has 0 aliphatic rings. The fraction of sp³-hybridized carbons (Fsp3) is 0.611. The van der Waals surface area contributed by atoms with E-state index in [1.54, 1.807) is 4.90 Å². The van der Waals surface area contributed by atoms with Gasteiger partial charge in [0, 0.05) is 25.6 Å². The molecule has 0 aliphatic heterocycles. The topological polar surface area (TPSA) is 55.6 Å². The summed E-state index contributed by atoms with van der Waals surface area (Å²) in [5, 5.41) is 0. The summed E-state index contributed by atoms with van der Waals surface area (Å²) in [6, 6.07) is 9.82. The first kappa shape index (κ1) is 18.5. The molecule has 0 saturated heterocycles. The highest BCUT2D eigenvalue weighted by Crippen LogP contribution is 2.12. The Bertz CT molecular complexity index is 434. The quantitative estimate of drug-likeness (QED) is 0.763. The van der Waals surface area contributed by atoms with Crippen LogP contribution in [0.1, 0.15) is 33.6 Å². The molecule has 1 amide bonds. The van der Waals surface area contributed by atoms with Crippen molar-refractivity contribution in [1.29, 1.82) is 0 Å². The van der Waals surface area contributed by atoms with Crippen molar-refractivity contribution in [3.8, 4) is 5.75 Å². The maximum Gasteiger partial charge on any atom is 0.225 e. The van der Waals surface area contributed by atoms with E-state index < -0.39 is 0 Å². The zero-order valence-electron chi connectivity index (χ0n) is 14.3. The molecule has 0 fully saturated rings. The fourth-order valence-electron chi connectivity index (χ4n) is 2.16. The summed E-state index contributed by atoms with van der Waals surface area (Å²) in [6.07, 6.45) is 1.56. The molecule has 2 atom stereocenters. The predicted octanol–water partition coefficient (Wildman–Crippen LogP) is 2.92. The van der Waals surface area contributed by atoms with E-state index in [4.69, 9.17) is 10.5 Å². The second-order valence-corrected chi connectivity index (χ2v) is 6.31. The minimum absolute atomic E-state index is 0.0380. The van der Waals surface area contributed by atoms with E-state index in [0.29, 0.717) is 25.5 Å². The number of rotatable bonds is 9. The number of benzene rings is 1. The summed E-state index contributed by atoms with van der Waals surface area (Å²) < 4.78 is 5.65. The van der Waals surface area contributed by atoms with Crippen molar-refractivity contribution in [3.05, 3.63) is 30.3 Å². The lowest BCUT2D eigenvalue weighted by atomic mass is 10.0. The van der Waals surface area contributed by atoms with Gasteiger partial charge in [0.05, 0.1) is 6.61 Å². The largest absolute Gasteiger partial charge is 0.494 e. The molecule has 0 aliphatic carbocycles. The third-order valence-electron chi connectivity index (χ3n) is 4.01. The monoisotopic (exact) mass is 306 g/mol. The first-order valence-corrected chi connectivity index (χ1v) is 8.10. The molecular formula is C18H30N2O2. The molecule has 124 valence electrons. The normalized spacial score (nSPS) is 13.7. The third-order valence-corrected chi connectivity index (χ3v) is 4.01. The Balaban J connectivity index is 2.28. The molecule has 1 aromatic rings. The minimum atomic E-state index is -0.0380. The van der Waals surface area contributed by atoms with Gasteiger partial charge in [-0.2, -0.15) is 0 Å². The van der Waals surface area contributed by atoms with Gasteiger partial charge < -0.3 is 15.4 Å². The van der Waals surface area contributed by atoms with Gasteiger partial charge in [-0.25, -0.2) is 0 Å². The van der Waals surface area contributed by atoms with Gasteiger partial charge in [-0.05, 0) is 30.9 Å². The average molecular weight is 306 g/mol. The number of para-hydroxylation sites is 1. The molecule has 0 heterocycles. The molecular weight excluding hydrogens is 276 g/mol. The van der Waals surface area contributed by atoms with Gasteiger partial charge in [0.15, 0.2) is 0 Å². The van der Waals surface area contributed by atoms with Crippen molar-refractivity contribution in [2.24, 2.45) is 17.6 Å². The SMILES string of the molecule is CC(CCOc1ccccc1)C(=O)N(C)CCC(N)C(C)C. The van der Waals surface area contributed by atoms with Crippen LogP contribution < -0.4 is 10.5 Å². The van der Waals surface area contributed by atoms with Crippen molar-refractivity contribution < 1.29 is 9.53 Å². The number of carbonyl (C=O) groups is 1. The average Bonchev–Trinajstić information content (AvgIpc) is 2.52. The summed E-state index contributed by atoms with van der Waals surface area (Å²) in [4.78, 5) is 14.1. The van der Waals surface area contributed by atoms with Crippen LogP contribution in [0.4, 0.5) is 0 Å². The first-order chi connectivity index (χ1) is 10.4. The van der Waals surface area contributed by atoms with E-state index in [1.807, 2.05) is 44.3 Å². The lowest BCUT2D eigenvalue weighted by Gasteiger charge is -2.24. The van der Waals surface area contributed by atoms with Gasteiger partial charge in [-0.1, -0.05) is 39.0 Å². The standard InChI is InChI=1S/C18H30N2O2/c1-14(2)17(19)10-12-20(4)18(21)15(3)11-13-22-16-8-6-5-7-9-16/h5-9,14-15,17H,10-13,19H2,1-4H3. The first-order valence-electron chi connectivity index (χ1n) is 8.10. The van der Waals surface area contributed by atoms with Crippen LogP contribution in [-0.4, -0.2) is 37.0 Å². The highest BCUT2D eigenvalue weighted by molar-refractivity contribution is 5.78. The molecule has 0 bridgehead atoms. The number of amides is 1. The molecule has 0 aromatic heterocycles. The summed E-state index contributed by atoms with van der Waals surface area (Å²) in [7, 11) is 1.85. The van der Waals surface area contributed by atoms with E-state index in [9.17, 15) is 4.79 Å². The molecule has 4 nitrogen and oxygen atoms in total. The van der Waals surface area contributed by atoms with E-state index in [2.05, 4.69) is 13.8 Å². The summed E-state index contributed by atoms with van der Waals surface area (Å²) >= 11 is 0. The second-order valence-electron chi connectivity index (χ2n) is 6.31. The lowest BCUT2D eigenvalue weighted by Crippen LogP contribution is -2.37. The highest BCUT2D eigenvalue weighted by Gasteiger charge is 2.18. The van der Waals surface area contributed by atoms with Gasteiger partial charge in [-0.3, -0.25) is 4.79 Å². The van der Waals surface area contributed by atoms with Gasteiger partial charge >= 0.3 is 0 Å². The van der Waals surface area contributed by atoms with Crippen molar-refractivity contribution in [3.63, 3.8) is 0 Å². The summed E-state index contributed by atoms with van der Waals surface area (Å²) in [6.45, 7) is 7.43. The van der Waals surface area contributed by atoms with Crippen LogP contribution in [-0.2, 0) is 4.79 Å². The number of hydrogen-bond donors (Lipinski definition) is 1. The Labute approximate surface area is 134 Å². The molecule has 0 saturated carbocycles. The molecule has 2 N–H and O–H groups in total. The summed E-state index contributed by atoms with van der Waals surface area (Å²) in [5.41, 5.74) is 6.03. The smallest absolute Gasteiger partial charge is 0.225 e. The van der Waals surface area contributed by atoms with Crippen molar-refractivity contribution in [2.45, 2.75) is 39.7 Å². The Hall–Kier alpha value is -1.55. The van der Waals surface area contributed by atoms with Gasteiger partial charge in [0.2, 0.25) is 5.91 Å². The molecule has 4 heteroatoms. The zero-order chi connectivity index (χ0) is 16.5. The van der Waals surface area contributed by atoms with Crippen LogP contribution in [0.5, 0.6) is 5.75 Å². The van der Waals surface area contributed by atoms with Gasteiger partial charge in [0.25, 0.3) is 0 Å². The Kier molecular flexibility index (Phi) is 7.96. The van der Waals surface area contributed by atoms with E-state index in [1.165, 1.54) is 0 Å².